The van der Waals surface area contributed by atoms with E-state index >= 15 is 0 Å². The number of amides is 4. The van der Waals surface area contributed by atoms with E-state index in [9.17, 15) is 19.2 Å². The van der Waals surface area contributed by atoms with Crippen molar-refractivity contribution in [3.63, 3.8) is 0 Å². The van der Waals surface area contributed by atoms with Gasteiger partial charge < -0.3 is 5.32 Å². The third kappa shape index (κ3) is 2.97. The van der Waals surface area contributed by atoms with Crippen LogP contribution in [0.1, 0.15) is 64.8 Å². The molecule has 3 atom stereocenters. The number of nitrogens with one attached hydrogen (secondary N) is 2. The Morgan fingerprint density at radius 1 is 1.03 bits per heavy atom. The van der Waals surface area contributed by atoms with E-state index < -0.39 is 23.8 Å². The molecule has 8 heteroatoms. The van der Waals surface area contributed by atoms with Gasteiger partial charge in [0.2, 0.25) is 11.8 Å². The van der Waals surface area contributed by atoms with Gasteiger partial charge >= 0.3 is 0 Å². The summed E-state index contributed by atoms with van der Waals surface area (Å²) in [6.45, 7) is 0.636. The molecule has 4 aliphatic rings. The van der Waals surface area contributed by atoms with E-state index in [0.29, 0.717) is 35.8 Å². The lowest BCUT2D eigenvalue weighted by molar-refractivity contribution is -0.136. The molecule has 3 fully saturated rings. The Kier molecular flexibility index (Phi) is 4.71. The van der Waals surface area contributed by atoms with E-state index in [1.165, 1.54) is 0 Å². The summed E-state index contributed by atoms with van der Waals surface area (Å²) in [5.41, 5.74) is 1.63. The molecule has 4 aliphatic heterocycles. The standard InChI is InChI=1S/C22H26N4O4/c1-23-13-9-14-5-6-15(10-13)25(14)11-12-3-2-4-16-19(12)22(30)26(21(16)29)17-7-8-18(27)24-20(17)28/h2-4,13-15,17,23H,5-11H2,1H3,(H,24,27,28). The smallest absolute Gasteiger partial charge is 0.262 e. The topological polar surface area (TPSA) is 98.8 Å². The number of rotatable bonds is 4. The molecule has 5 rings (SSSR count). The predicted molar refractivity (Wildman–Crippen MR) is 108 cm³/mol. The fourth-order valence-electron chi connectivity index (χ4n) is 5.68. The molecule has 1 aromatic carbocycles. The second-order valence-corrected chi connectivity index (χ2v) is 8.80. The van der Waals surface area contributed by atoms with Crippen LogP contribution in [0.4, 0.5) is 0 Å². The molecule has 2 bridgehead atoms. The number of carbonyl (C=O) groups excluding carboxylic acids is 4. The van der Waals surface area contributed by atoms with E-state index in [1.54, 1.807) is 6.07 Å². The molecule has 4 heterocycles. The fraction of sp³-hybridized carbons (Fsp3) is 0.545. The molecule has 0 aliphatic carbocycles. The van der Waals surface area contributed by atoms with Crippen molar-refractivity contribution >= 4 is 23.6 Å². The third-order valence-electron chi connectivity index (χ3n) is 7.20. The molecule has 30 heavy (non-hydrogen) atoms. The van der Waals surface area contributed by atoms with Crippen molar-refractivity contribution in [3.05, 3.63) is 34.9 Å². The molecule has 0 radical (unpaired) electrons. The highest BCUT2D eigenvalue weighted by Gasteiger charge is 2.46. The zero-order valence-electron chi connectivity index (χ0n) is 17.0. The molecular weight excluding hydrogens is 384 g/mol. The average molecular weight is 410 g/mol. The van der Waals surface area contributed by atoms with Crippen LogP contribution < -0.4 is 10.6 Å². The number of carbonyl (C=O) groups is 4. The minimum atomic E-state index is -0.925. The number of hydrogen-bond acceptors (Lipinski definition) is 6. The van der Waals surface area contributed by atoms with Crippen LogP contribution in [-0.2, 0) is 16.1 Å². The van der Waals surface area contributed by atoms with Crippen LogP contribution in [0.25, 0.3) is 0 Å². The van der Waals surface area contributed by atoms with Gasteiger partial charge in [-0.1, -0.05) is 12.1 Å². The van der Waals surface area contributed by atoms with Gasteiger partial charge in [0.15, 0.2) is 0 Å². The summed E-state index contributed by atoms with van der Waals surface area (Å²) in [6, 6.07) is 5.96. The number of nitrogens with zero attached hydrogens (tertiary/aromatic N) is 2. The Balaban J connectivity index is 1.42. The summed E-state index contributed by atoms with van der Waals surface area (Å²) in [5.74, 6) is -1.80. The molecule has 0 spiro atoms. The minimum Gasteiger partial charge on any atom is -0.317 e. The molecule has 4 amide bonds. The molecule has 8 nitrogen and oxygen atoms in total. The largest absolute Gasteiger partial charge is 0.317 e. The molecule has 0 aromatic heterocycles. The fourth-order valence-corrected chi connectivity index (χ4v) is 5.68. The van der Waals surface area contributed by atoms with E-state index in [0.717, 1.165) is 36.1 Å². The lowest BCUT2D eigenvalue weighted by Gasteiger charge is -2.39. The number of piperidine rings is 2. The Bertz CT molecular complexity index is 931. The van der Waals surface area contributed by atoms with Gasteiger partial charge in [-0.2, -0.15) is 0 Å². The first-order chi connectivity index (χ1) is 14.5. The zero-order valence-corrected chi connectivity index (χ0v) is 17.0. The molecular formula is C22H26N4O4. The van der Waals surface area contributed by atoms with Crippen molar-refractivity contribution in [2.24, 2.45) is 0 Å². The van der Waals surface area contributed by atoms with Crippen LogP contribution in [0, 0.1) is 0 Å². The maximum atomic E-state index is 13.3. The van der Waals surface area contributed by atoms with Crippen molar-refractivity contribution in [2.45, 2.75) is 69.2 Å². The first-order valence-corrected chi connectivity index (χ1v) is 10.7. The summed E-state index contributed by atoms with van der Waals surface area (Å²) >= 11 is 0. The Morgan fingerprint density at radius 3 is 2.43 bits per heavy atom. The SMILES string of the molecule is CNC1CC2CCC(C1)N2Cc1cccc2c1C(=O)N(C1CCC(=O)NC1=O)C2=O. The van der Waals surface area contributed by atoms with E-state index in [4.69, 9.17) is 0 Å². The van der Waals surface area contributed by atoms with E-state index in [1.807, 2.05) is 19.2 Å². The maximum absolute atomic E-state index is 13.3. The van der Waals surface area contributed by atoms with Crippen LogP contribution in [-0.4, -0.2) is 64.6 Å². The Morgan fingerprint density at radius 2 is 1.77 bits per heavy atom. The number of fused-ring (bicyclic) bond motifs is 3. The Labute approximate surface area is 175 Å². The van der Waals surface area contributed by atoms with Gasteiger partial charge in [-0.05, 0) is 50.8 Å². The number of hydrogen-bond donors (Lipinski definition) is 2. The van der Waals surface area contributed by atoms with Gasteiger partial charge in [-0.15, -0.1) is 0 Å². The van der Waals surface area contributed by atoms with Crippen molar-refractivity contribution in [1.82, 2.24) is 20.4 Å². The van der Waals surface area contributed by atoms with Gasteiger partial charge in [0.1, 0.15) is 6.04 Å². The van der Waals surface area contributed by atoms with Gasteiger partial charge in [0.05, 0.1) is 11.1 Å². The zero-order chi connectivity index (χ0) is 21.0. The quantitative estimate of drug-likeness (QED) is 0.713. The Hall–Kier alpha value is -2.58. The van der Waals surface area contributed by atoms with Gasteiger partial charge in [-0.25, -0.2) is 0 Å². The van der Waals surface area contributed by atoms with Crippen LogP contribution in [0.5, 0.6) is 0 Å². The average Bonchev–Trinajstić information content (AvgIpc) is 3.11. The van der Waals surface area contributed by atoms with Crippen LogP contribution in [0.15, 0.2) is 18.2 Å². The molecule has 158 valence electrons. The van der Waals surface area contributed by atoms with Crippen molar-refractivity contribution < 1.29 is 19.2 Å². The van der Waals surface area contributed by atoms with E-state index in [2.05, 4.69) is 15.5 Å². The minimum absolute atomic E-state index is 0.125. The molecule has 0 saturated carbocycles. The molecule has 2 N–H and O–H groups in total. The summed E-state index contributed by atoms with van der Waals surface area (Å²) in [4.78, 5) is 53.6. The van der Waals surface area contributed by atoms with Crippen molar-refractivity contribution in [1.29, 1.82) is 0 Å². The molecule has 3 unspecified atom stereocenters. The second-order valence-electron chi connectivity index (χ2n) is 8.80. The maximum Gasteiger partial charge on any atom is 0.262 e. The number of imide groups is 2. The normalized spacial score (nSPS) is 31.3. The molecule has 1 aromatic rings. The van der Waals surface area contributed by atoms with Gasteiger partial charge in [0.25, 0.3) is 11.8 Å². The van der Waals surface area contributed by atoms with Crippen LogP contribution in [0.3, 0.4) is 0 Å². The van der Waals surface area contributed by atoms with Crippen LogP contribution in [0.2, 0.25) is 0 Å². The number of benzene rings is 1. The highest BCUT2D eigenvalue weighted by molar-refractivity contribution is 6.24. The third-order valence-corrected chi connectivity index (χ3v) is 7.20. The predicted octanol–water partition coefficient (Wildman–Crippen LogP) is 0.803. The first kappa shape index (κ1) is 19.4. The van der Waals surface area contributed by atoms with Crippen molar-refractivity contribution in [2.75, 3.05) is 7.05 Å². The van der Waals surface area contributed by atoms with Gasteiger partial charge in [-0.3, -0.25) is 34.3 Å². The monoisotopic (exact) mass is 410 g/mol. The van der Waals surface area contributed by atoms with Gasteiger partial charge in [0, 0.05) is 31.1 Å². The lowest BCUT2D eigenvalue weighted by atomic mass is 9.95. The summed E-state index contributed by atoms with van der Waals surface area (Å²) in [7, 11) is 2.01. The first-order valence-electron chi connectivity index (χ1n) is 10.7. The van der Waals surface area contributed by atoms with E-state index in [-0.39, 0.29) is 18.7 Å². The van der Waals surface area contributed by atoms with Crippen LogP contribution >= 0.6 is 0 Å². The summed E-state index contributed by atoms with van der Waals surface area (Å²) in [5, 5.41) is 5.64. The summed E-state index contributed by atoms with van der Waals surface area (Å²) in [6.07, 6.45) is 4.81. The molecule has 3 saturated heterocycles. The lowest BCUT2D eigenvalue weighted by Crippen LogP contribution is -2.54. The summed E-state index contributed by atoms with van der Waals surface area (Å²) < 4.78 is 0. The highest BCUT2D eigenvalue weighted by Crippen LogP contribution is 2.38. The second kappa shape index (κ2) is 7.28. The van der Waals surface area contributed by atoms with Crippen molar-refractivity contribution in [3.8, 4) is 0 Å². The highest BCUT2D eigenvalue weighted by atomic mass is 16.2.